The van der Waals surface area contributed by atoms with Crippen molar-refractivity contribution in [2.75, 3.05) is 0 Å². The molecule has 6 nitrogen and oxygen atoms in total. The summed E-state index contributed by atoms with van der Waals surface area (Å²) in [5.41, 5.74) is 1.28. The van der Waals surface area contributed by atoms with Gasteiger partial charge in [0.2, 0.25) is 0 Å². The Hall–Kier alpha value is -2.08. The Morgan fingerprint density at radius 3 is 2.65 bits per heavy atom. The summed E-state index contributed by atoms with van der Waals surface area (Å²) in [4.78, 5) is 15.4. The van der Waals surface area contributed by atoms with E-state index in [2.05, 4.69) is 5.16 Å². The van der Waals surface area contributed by atoms with Crippen LogP contribution in [0.1, 0.15) is 12.0 Å². The van der Waals surface area contributed by atoms with Gasteiger partial charge in [0.05, 0.1) is 5.71 Å². The maximum Gasteiger partial charge on any atom is 0.336 e. The molecular formula is C11H11NO5. The van der Waals surface area contributed by atoms with Gasteiger partial charge in [0.15, 0.2) is 12.2 Å². The maximum absolute atomic E-state index is 10.6. The minimum absolute atomic E-state index is 0.135. The van der Waals surface area contributed by atoms with E-state index in [-0.39, 0.29) is 12.2 Å². The molecule has 17 heavy (non-hydrogen) atoms. The normalized spacial score (nSPS) is 20.5. The van der Waals surface area contributed by atoms with Crippen LogP contribution in [0.5, 0.6) is 5.75 Å². The fourth-order valence-corrected chi connectivity index (χ4v) is 1.55. The van der Waals surface area contributed by atoms with E-state index in [1.54, 1.807) is 12.1 Å². The van der Waals surface area contributed by atoms with Gasteiger partial charge in [-0.05, 0) is 29.8 Å². The van der Waals surface area contributed by atoms with Crippen molar-refractivity contribution in [2.24, 2.45) is 5.16 Å². The molecule has 0 amide bonds. The number of hydrogen-bond donors (Lipinski definition) is 3. The predicted molar refractivity (Wildman–Crippen MR) is 57.8 cm³/mol. The zero-order valence-corrected chi connectivity index (χ0v) is 8.78. The van der Waals surface area contributed by atoms with Gasteiger partial charge in [-0.2, -0.15) is 0 Å². The first-order chi connectivity index (χ1) is 8.08. The molecule has 0 spiro atoms. The van der Waals surface area contributed by atoms with Crippen LogP contribution in [0.25, 0.3) is 0 Å². The average molecular weight is 237 g/mol. The van der Waals surface area contributed by atoms with E-state index in [0.717, 1.165) is 5.56 Å². The van der Waals surface area contributed by atoms with E-state index < -0.39 is 18.2 Å². The SMILES string of the molecule is O=C(O)C(O)C1CC(c2ccc(O)cc2)=NO1. The third-order valence-electron chi connectivity index (χ3n) is 2.50. The van der Waals surface area contributed by atoms with E-state index in [0.29, 0.717) is 5.71 Å². The molecule has 0 aromatic heterocycles. The highest BCUT2D eigenvalue weighted by molar-refractivity contribution is 6.01. The van der Waals surface area contributed by atoms with Gasteiger partial charge in [-0.15, -0.1) is 0 Å². The topological polar surface area (TPSA) is 99.4 Å². The third-order valence-corrected chi connectivity index (χ3v) is 2.50. The number of oxime groups is 1. The van der Waals surface area contributed by atoms with Gasteiger partial charge in [0.25, 0.3) is 0 Å². The second-order valence-electron chi connectivity index (χ2n) is 3.72. The molecule has 1 heterocycles. The number of benzene rings is 1. The quantitative estimate of drug-likeness (QED) is 0.703. The number of aliphatic carboxylic acids is 1. The van der Waals surface area contributed by atoms with Gasteiger partial charge < -0.3 is 20.2 Å². The van der Waals surface area contributed by atoms with Crippen molar-refractivity contribution >= 4 is 11.7 Å². The van der Waals surface area contributed by atoms with Crippen LogP contribution in [-0.2, 0) is 9.63 Å². The van der Waals surface area contributed by atoms with Crippen LogP contribution in [0.15, 0.2) is 29.4 Å². The monoisotopic (exact) mass is 237 g/mol. The minimum Gasteiger partial charge on any atom is -0.508 e. The smallest absolute Gasteiger partial charge is 0.336 e. The minimum atomic E-state index is -1.59. The van der Waals surface area contributed by atoms with E-state index in [9.17, 15) is 9.90 Å². The summed E-state index contributed by atoms with van der Waals surface area (Å²) in [6.07, 6.45) is -2.23. The van der Waals surface area contributed by atoms with Gasteiger partial charge in [-0.1, -0.05) is 5.16 Å². The molecule has 1 aromatic carbocycles. The fourth-order valence-electron chi connectivity index (χ4n) is 1.55. The van der Waals surface area contributed by atoms with Crippen molar-refractivity contribution in [1.82, 2.24) is 0 Å². The van der Waals surface area contributed by atoms with Crippen LogP contribution in [0.4, 0.5) is 0 Å². The van der Waals surface area contributed by atoms with Crippen molar-refractivity contribution in [2.45, 2.75) is 18.6 Å². The highest BCUT2D eigenvalue weighted by Gasteiger charge is 2.33. The zero-order valence-electron chi connectivity index (χ0n) is 8.78. The standard InChI is InChI=1S/C11H11NO5/c13-7-3-1-6(2-4-7)8-5-9(17-12-8)10(14)11(15)16/h1-4,9-10,13-14H,5H2,(H,15,16). The van der Waals surface area contributed by atoms with E-state index in [1.165, 1.54) is 12.1 Å². The third kappa shape index (κ3) is 2.36. The van der Waals surface area contributed by atoms with Crippen LogP contribution >= 0.6 is 0 Å². The maximum atomic E-state index is 10.6. The van der Waals surface area contributed by atoms with Gasteiger partial charge in [-0.25, -0.2) is 4.79 Å². The summed E-state index contributed by atoms with van der Waals surface area (Å²) in [6, 6.07) is 6.29. The lowest BCUT2D eigenvalue weighted by molar-refractivity contribution is -0.154. The number of aliphatic hydroxyl groups excluding tert-OH is 1. The first kappa shape index (κ1) is 11.4. The second-order valence-corrected chi connectivity index (χ2v) is 3.72. The van der Waals surface area contributed by atoms with Gasteiger partial charge in [-0.3, -0.25) is 0 Å². The number of phenolic OH excluding ortho intramolecular Hbond substituents is 1. The van der Waals surface area contributed by atoms with Crippen molar-refractivity contribution in [1.29, 1.82) is 0 Å². The molecule has 90 valence electrons. The second kappa shape index (κ2) is 4.42. The Balaban J connectivity index is 2.07. The Morgan fingerprint density at radius 2 is 2.06 bits per heavy atom. The van der Waals surface area contributed by atoms with Gasteiger partial charge in [0, 0.05) is 6.42 Å². The van der Waals surface area contributed by atoms with Crippen LogP contribution in [0.2, 0.25) is 0 Å². The number of carboxylic acid groups (broad SMARTS) is 1. The lowest BCUT2D eigenvalue weighted by Crippen LogP contribution is -2.33. The average Bonchev–Trinajstić information content (AvgIpc) is 2.78. The number of aliphatic hydroxyl groups is 1. The van der Waals surface area contributed by atoms with Gasteiger partial charge >= 0.3 is 5.97 Å². The number of carbonyl (C=O) groups is 1. The number of aromatic hydroxyl groups is 1. The zero-order chi connectivity index (χ0) is 12.4. The molecule has 0 fully saturated rings. The number of phenols is 1. The summed E-state index contributed by atoms with van der Waals surface area (Å²) in [5.74, 6) is -1.20. The lowest BCUT2D eigenvalue weighted by atomic mass is 10.0. The molecular weight excluding hydrogens is 226 g/mol. The summed E-state index contributed by atoms with van der Waals surface area (Å²) in [5, 5.41) is 30.8. The number of rotatable bonds is 3. The molecule has 2 rings (SSSR count). The molecule has 6 heteroatoms. The molecule has 0 saturated heterocycles. The van der Waals surface area contributed by atoms with Crippen LogP contribution in [0, 0.1) is 0 Å². The highest BCUT2D eigenvalue weighted by atomic mass is 16.7. The first-order valence-corrected chi connectivity index (χ1v) is 5.01. The van der Waals surface area contributed by atoms with Crippen LogP contribution in [0.3, 0.4) is 0 Å². The Morgan fingerprint density at radius 1 is 1.41 bits per heavy atom. The van der Waals surface area contributed by atoms with Crippen LogP contribution in [-0.4, -0.2) is 39.2 Å². The van der Waals surface area contributed by atoms with E-state index >= 15 is 0 Å². The Kier molecular flexibility index (Phi) is 2.97. The summed E-state index contributed by atoms with van der Waals surface area (Å²) in [6.45, 7) is 0. The van der Waals surface area contributed by atoms with Crippen molar-refractivity contribution < 1.29 is 25.0 Å². The van der Waals surface area contributed by atoms with Gasteiger partial charge in [0.1, 0.15) is 5.75 Å². The predicted octanol–water partition coefficient (Wildman–Crippen LogP) is 0.331. The summed E-state index contributed by atoms with van der Waals surface area (Å²) >= 11 is 0. The van der Waals surface area contributed by atoms with Crippen molar-refractivity contribution in [3.8, 4) is 5.75 Å². The molecule has 2 atom stereocenters. The molecule has 0 aliphatic carbocycles. The van der Waals surface area contributed by atoms with E-state index in [1.807, 2.05) is 0 Å². The largest absolute Gasteiger partial charge is 0.508 e. The van der Waals surface area contributed by atoms with E-state index in [4.69, 9.17) is 15.1 Å². The molecule has 3 N–H and O–H groups in total. The Labute approximate surface area is 96.8 Å². The fraction of sp³-hybridized carbons (Fsp3) is 0.273. The highest BCUT2D eigenvalue weighted by Crippen LogP contribution is 2.20. The molecule has 1 aliphatic heterocycles. The summed E-state index contributed by atoms with van der Waals surface area (Å²) < 4.78 is 0. The lowest BCUT2D eigenvalue weighted by Gasteiger charge is -2.10. The number of hydrogen-bond acceptors (Lipinski definition) is 5. The molecule has 1 aliphatic rings. The number of carboxylic acids is 1. The molecule has 0 bridgehead atoms. The van der Waals surface area contributed by atoms with Crippen molar-refractivity contribution in [3.63, 3.8) is 0 Å². The Bertz CT molecular complexity index is 453. The molecule has 1 aromatic rings. The molecule has 0 saturated carbocycles. The van der Waals surface area contributed by atoms with Crippen molar-refractivity contribution in [3.05, 3.63) is 29.8 Å². The number of nitrogens with zero attached hydrogens (tertiary/aromatic N) is 1. The summed E-state index contributed by atoms with van der Waals surface area (Å²) in [7, 11) is 0. The molecule has 0 radical (unpaired) electrons. The molecule has 2 unspecified atom stereocenters. The van der Waals surface area contributed by atoms with Crippen LogP contribution < -0.4 is 0 Å². The first-order valence-electron chi connectivity index (χ1n) is 5.01.